The van der Waals surface area contributed by atoms with Gasteiger partial charge in [0.2, 0.25) is 0 Å². The molecule has 0 bridgehead atoms. The van der Waals surface area contributed by atoms with Gasteiger partial charge in [-0.3, -0.25) is 5.10 Å². The van der Waals surface area contributed by atoms with Crippen molar-refractivity contribution in [3.63, 3.8) is 0 Å². The largest absolute Gasteiger partial charge is 0.489 e. The van der Waals surface area contributed by atoms with Gasteiger partial charge in [0.15, 0.2) is 0 Å². The van der Waals surface area contributed by atoms with Gasteiger partial charge >= 0.3 is 6.09 Å². The van der Waals surface area contributed by atoms with Crippen molar-refractivity contribution in [2.24, 2.45) is 5.41 Å². The molecule has 3 aromatic rings. The van der Waals surface area contributed by atoms with Crippen molar-refractivity contribution in [3.8, 4) is 28.3 Å². The van der Waals surface area contributed by atoms with Crippen molar-refractivity contribution < 1.29 is 14.6 Å². The Kier molecular flexibility index (Phi) is 7.53. The number of aryl methyl sites for hydroxylation is 1. The van der Waals surface area contributed by atoms with E-state index in [0.717, 1.165) is 27.7 Å². The number of aromatic amines is 1. The maximum atomic E-state index is 11.8. The average molecular weight is 513 g/mol. The number of ether oxygens (including phenoxy) is 1. The predicted octanol–water partition coefficient (Wildman–Crippen LogP) is 6.29. The number of nitrogens with one attached hydrogen (secondary N) is 2. The third-order valence-electron chi connectivity index (χ3n) is 5.99. The first kappa shape index (κ1) is 26.6. The first-order valence-corrected chi connectivity index (χ1v) is 15.3. The molecule has 7 nitrogen and oxygen atoms in total. The minimum Gasteiger partial charge on any atom is -0.489 e. The molecule has 0 saturated carbocycles. The van der Waals surface area contributed by atoms with Gasteiger partial charge in [0.05, 0.1) is 17.3 Å². The minimum absolute atomic E-state index is 0.0891. The van der Waals surface area contributed by atoms with E-state index < -0.39 is 25.1 Å². The summed E-state index contributed by atoms with van der Waals surface area (Å²) in [6.45, 7) is 14.5. The summed E-state index contributed by atoms with van der Waals surface area (Å²) in [6.07, 6.45) is 0.768. The maximum Gasteiger partial charge on any atom is 0.405 e. The molecule has 0 aliphatic heterocycles. The van der Waals surface area contributed by atoms with Crippen LogP contribution in [0.2, 0.25) is 24.8 Å². The van der Waals surface area contributed by atoms with Crippen LogP contribution in [0, 0.1) is 23.8 Å². The van der Waals surface area contributed by atoms with E-state index in [1.54, 1.807) is 6.20 Å². The Morgan fingerprint density at radius 2 is 1.97 bits per heavy atom. The summed E-state index contributed by atoms with van der Waals surface area (Å²) < 4.78 is 6.17. The molecule has 2 aromatic heterocycles. The van der Waals surface area contributed by atoms with Gasteiger partial charge < -0.3 is 15.2 Å². The van der Waals surface area contributed by atoms with Gasteiger partial charge in [-0.1, -0.05) is 58.1 Å². The molecule has 3 rings (SSSR count). The highest BCUT2D eigenvalue weighted by Gasteiger charge is 2.44. The molecule has 1 amide bonds. The molecule has 9 heteroatoms. The lowest BCUT2D eigenvalue weighted by molar-refractivity contribution is 0.0723. The second kappa shape index (κ2) is 9.92. The van der Waals surface area contributed by atoms with Crippen molar-refractivity contribution in [3.05, 3.63) is 41.3 Å². The molecule has 0 fully saturated rings. The number of carboxylic acid groups (broad SMARTS) is 1. The summed E-state index contributed by atoms with van der Waals surface area (Å²) >= 11 is 6.44. The summed E-state index contributed by atoms with van der Waals surface area (Å²) in [5.74, 6) is 3.73. The van der Waals surface area contributed by atoms with E-state index in [2.05, 4.69) is 51.6 Å². The van der Waals surface area contributed by atoms with Gasteiger partial charge in [-0.05, 0) is 36.1 Å². The summed E-state index contributed by atoms with van der Waals surface area (Å²) in [4.78, 5) is 16.1. The second-order valence-corrected chi connectivity index (χ2v) is 16.0. The van der Waals surface area contributed by atoms with Gasteiger partial charge in [-0.25, -0.2) is 9.78 Å². The SMILES string of the molecule is Cc1[nH]nc2ccc(-c3cc(OC[C@@](CC#C[Si](C)(C)C)(NC(=O)O)C(C)(C)C)cnc3Cl)cc12. The van der Waals surface area contributed by atoms with Crippen molar-refractivity contribution in [2.75, 3.05) is 6.61 Å². The minimum atomic E-state index is -1.62. The topological polar surface area (TPSA) is 100 Å². The van der Waals surface area contributed by atoms with Crippen LogP contribution in [0.1, 0.15) is 32.9 Å². The van der Waals surface area contributed by atoms with Crippen LogP contribution in [-0.4, -0.2) is 46.6 Å². The number of rotatable bonds is 6. The summed E-state index contributed by atoms with van der Waals surface area (Å²) in [6, 6.07) is 7.70. The van der Waals surface area contributed by atoms with E-state index in [-0.39, 0.29) is 6.61 Å². The summed E-state index contributed by atoms with van der Waals surface area (Å²) in [7, 11) is -1.62. The summed E-state index contributed by atoms with van der Waals surface area (Å²) in [5.41, 5.74) is 5.38. The Hall–Kier alpha value is -3.02. The van der Waals surface area contributed by atoms with E-state index in [9.17, 15) is 9.90 Å². The Morgan fingerprint density at radius 1 is 1.26 bits per heavy atom. The number of nitrogens with zero attached hydrogens (tertiary/aromatic N) is 2. The van der Waals surface area contributed by atoms with Crippen molar-refractivity contribution >= 4 is 36.7 Å². The van der Waals surface area contributed by atoms with E-state index in [1.165, 1.54) is 0 Å². The van der Waals surface area contributed by atoms with Crippen LogP contribution in [0.5, 0.6) is 5.75 Å². The molecule has 35 heavy (non-hydrogen) atoms. The van der Waals surface area contributed by atoms with E-state index in [1.807, 2.05) is 52.0 Å². The zero-order valence-corrected chi connectivity index (χ0v) is 23.1. The molecule has 0 saturated heterocycles. The second-order valence-electron chi connectivity index (χ2n) is 10.9. The van der Waals surface area contributed by atoms with Crippen LogP contribution < -0.4 is 10.1 Å². The lowest BCUT2D eigenvalue weighted by atomic mass is 9.72. The molecule has 186 valence electrons. The Balaban J connectivity index is 1.94. The fourth-order valence-electron chi connectivity index (χ4n) is 3.69. The molecule has 0 radical (unpaired) electrons. The Labute approximate surface area is 212 Å². The fraction of sp³-hybridized carbons (Fsp3) is 0.423. The lowest BCUT2D eigenvalue weighted by Gasteiger charge is -2.43. The predicted molar refractivity (Wildman–Crippen MR) is 144 cm³/mol. The third kappa shape index (κ3) is 6.35. The van der Waals surface area contributed by atoms with Crippen LogP contribution >= 0.6 is 11.6 Å². The monoisotopic (exact) mass is 512 g/mol. The highest BCUT2D eigenvalue weighted by molar-refractivity contribution is 6.83. The van der Waals surface area contributed by atoms with Gasteiger partial charge in [0.1, 0.15) is 25.6 Å². The van der Waals surface area contributed by atoms with Crippen LogP contribution in [-0.2, 0) is 0 Å². The molecule has 1 atom stereocenters. The quantitative estimate of drug-likeness (QED) is 0.205. The van der Waals surface area contributed by atoms with Crippen LogP contribution in [0.4, 0.5) is 4.79 Å². The first-order valence-electron chi connectivity index (χ1n) is 11.5. The van der Waals surface area contributed by atoms with E-state index >= 15 is 0 Å². The molecule has 0 unspecified atom stereocenters. The number of carbonyl (C=O) groups is 1. The Morgan fingerprint density at radius 3 is 2.60 bits per heavy atom. The lowest BCUT2D eigenvalue weighted by Crippen LogP contribution is -2.60. The fourth-order valence-corrected chi connectivity index (χ4v) is 4.52. The zero-order valence-electron chi connectivity index (χ0n) is 21.3. The molecule has 3 N–H and O–H groups in total. The third-order valence-corrected chi connectivity index (χ3v) is 7.22. The smallest absolute Gasteiger partial charge is 0.405 e. The molecule has 0 spiro atoms. The van der Waals surface area contributed by atoms with Crippen molar-refractivity contribution in [2.45, 2.75) is 59.3 Å². The van der Waals surface area contributed by atoms with Crippen molar-refractivity contribution in [1.29, 1.82) is 0 Å². The number of hydrogen-bond acceptors (Lipinski definition) is 4. The highest BCUT2D eigenvalue weighted by atomic mass is 35.5. The number of pyridine rings is 1. The molecular formula is C26H33ClN4O3Si. The normalized spacial score (nSPS) is 13.6. The number of aromatic nitrogens is 3. The highest BCUT2D eigenvalue weighted by Crippen LogP contribution is 2.36. The van der Waals surface area contributed by atoms with Gasteiger partial charge in [-0.15, -0.1) is 11.5 Å². The number of benzene rings is 1. The molecular weight excluding hydrogens is 480 g/mol. The number of H-pyrrole nitrogens is 1. The molecule has 1 aromatic carbocycles. The van der Waals surface area contributed by atoms with Crippen LogP contribution in [0.15, 0.2) is 30.5 Å². The van der Waals surface area contributed by atoms with Crippen LogP contribution in [0.3, 0.4) is 0 Å². The van der Waals surface area contributed by atoms with Gasteiger partial charge in [0, 0.05) is 23.1 Å². The maximum absolute atomic E-state index is 11.8. The molecule has 2 heterocycles. The summed E-state index contributed by atoms with van der Waals surface area (Å²) in [5, 5.41) is 21.0. The van der Waals surface area contributed by atoms with Gasteiger partial charge in [0.25, 0.3) is 0 Å². The van der Waals surface area contributed by atoms with Crippen LogP contribution in [0.25, 0.3) is 22.0 Å². The van der Waals surface area contributed by atoms with Crippen molar-refractivity contribution in [1.82, 2.24) is 20.5 Å². The van der Waals surface area contributed by atoms with E-state index in [4.69, 9.17) is 16.3 Å². The molecule has 0 aliphatic carbocycles. The average Bonchev–Trinajstić information content (AvgIpc) is 3.11. The number of hydrogen-bond donors (Lipinski definition) is 3. The number of fused-ring (bicyclic) bond motifs is 1. The zero-order chi connectivity index (χ0) is 26.0. The molecule has 0 aliphatic rings. The standard InChI is InChI=1S/C26H33ClN4O3Si/c1-17-20-13-18(9-10-22(20)31-30-17)21-14-19(15-28-23(21)27)34-16-26(25(2,3)4,29-24(32)33)11-8-12-35(5,6)7/h9-10,13-15,29H,11,16H2,1-7H3,(H,30,31)(H,32,33)/t26-/m1/s1. The number of halogens is 1. The van der Waals surface area contributed by atoms with Gasteiger partial charge in [-0.2, -0.15) is 5.10 Å². The Bertz CT molecular complexity index is 1300. The first-order chi connectivity index (χ1) is 16.2. The number of amides is 1. The van der Waals surface area contributed by atoms with E-state index in [0.29, 0.717) is 17.3 Å².